The van der Waals surface area contributed by atoms with E-state index in [4.69, 9.17) is 0 Å². The van der Waals surface area contributed by atoms with Crippen LogP contribution in [0.15, 0.2) is 35.4 Å². The van der Waals surface area contributed by atoms with E-state index in [-0.39, 0.29) is 4.90 Å². The van der Waals surface area contributed by atoms with Crippen molar-refractivity contribution in [1.29, 1.82) is 0 Å². The van der Waals surface area contributed by atoms with Crippen LogP contribution in [-0.4, -0.2) is 23.2 Å². The number of rotatable bonds is 3. The van der Waals surface area contributed by atoms with Crippen molar-refractivity contribution in [2.75, 3.05) is 4.72 Å². The Balaban J connectivity index is 1.99. The van der Waals surface area contributed by atoms with Gasteiger partial charge in [-0.15, -0.1) is 0 Å². The third kappa shape index (κ3) is 2.27. The van der Waals surface area contributed by atoms with Gasteiger partial charge in [-0.2, -0.15) is 5.10 Å². The van der Waals surface area contributed by atoms with Crippen molar-refractivity contribution < 1.29 is 8.42 Å². The number of hydrogen-bond donors (Lipinski definition) is 1. The van der Waals surface area contributed by atoms with Gasteiger partial charge in [0, 0.05) is 13.2 Å². The number of sulfonamides is 1. The lowest BCUT2D eigenvalue weighted by Crippen LogP contribution is -2.13. The maximum Gasteiger partial charge on any atom is 0.267 e. The number of nitrogens with zero attached hydrogens (tertiary/aromatic N) is 3. The Hall–Kier alpha value is -1.93. The Morgan fingerprint density at radius 2 is 2.05 bits per heavy atom. The highest BCUT2D eigenvalue weighted by Gasteiger charge is 2.21. The molecule has 0 radical (unpaired) electrons. The molecule has 1 N–H and O–H groups in total. The van der Waals surface area contributed by atoms with Crippen molar-refractivity contribution in [3.63, 3.8) is 0 Å². The summed E-state index contributed by atoms with van der Waals surface area (Å²) in [6.07, 6.45) is 1.48. The van der Waals surface area contributed by atoms with E-state index in [0.29, 0.717) is 10.8 Å². The second kappa shape index (κ2) is 4.57. The quantitative estimate of drug-likeness (QED) is 0.804. The van der Waals surface area contributed by atoms with Gasteiger partial charge in [0.2, 0.25) is 0 Å². The molecule has 3 aromatic rings. The number of nitrogens with one attached hydrogen (secondary N) is 1. The number of fused-ring (bicyclic) bond motifs is 1. The number of hydrogen-bond acceptors (Lipinski definition) is 5. The first-order valence-corrected chi connectivity index (χ1v) is 8.14. The summed E-state index contributed by atoms with van der Waals surface area (Å²) in [5.41, 5.74) is 1.24. The summed E-state index contributed by atoms with van der Waals surface area (Å²) in [5.74, 6) is 0. The summed E-state index contributed by atoms with van der Waals surface area (Å²) in [6.45, 7) is 1.66. The van der Waals surface area contributed by atoms with E-state index in [1.807, 2.05) is 24.3 Å². The second-order valence-electron chi connectivity index (χ2n) is 4.34. The average molecular weight is 308 g/mol. The molecule has 6 nitrogen and oxygen atoms in total. The second-order valence-corrected chi connectivity index (χ2v) is 7.03. The lowest BCUT2D eigenvalue weighted by molar-refractivity contribution is 0.600. The van der Waals surface area contributed by atoms with Crippen LogP contribution in [0, 0.1) is 6.92 Å². The van der Waals surface area contributed by atoms with E-state index < -0.39 is 10.0 Å². The molecule has 0 bridgehead atoms. The summed E-state index contributed by atoms with van der Waals surface area (Å²) in [4.78, 5) is 4.43. The first-order valence-electron chi connectivity index (χ1n) is 5.84. The monoisotopic (exact) mass is 308 g/mol. The molecule has 0 fully saturated rings. The number of para-hydroxylation sites is 1. The molecule has 104 valence electrons. The average Bonchev–Trinajstić information content (AvgIpc) is 2.91. The van der Waals surface area contributed by atoms with Crippen LogP contribution in [0.3, 0.4) is 0 Å². The fraction of sp³-hybridized carbons (Fsp3) is 0.167. The van der Waals surface area contributed by atoms with Crippen LogP contribution in [0.1, 0.15) is 5.69 Å². The van der Waals surface area contributed by atoms with Crippen LogP contribution in [0.25, 0.3) is 10.2 Å². The summed E-state index contributed by atoms with van der Waals surface area (Å²) < 4.78 is 29.5. The molecule has 0 atom stereocenters. The molecule has 0 aliphatic heterocycles. The van der Waals surface area contributed by atoms with Gasteiger partial charge < -0.3 is 0 Å². The van der Waals surface area contributed by atoms with E-state index in [1.54, 1.807) is 14.0 Å². The Bertz CT molecular complexity index is 847. The van der Waals surface area contributed by atoms with Gasteiger partial charge in [0.1, 0.15) is 4.90 Å². The molecule has 1 aromatic carbocycles. The van der Waals surface area contributed by atoms with Gasteiger partial charge >= 0.3 is 0 Å². The highest BCUT2D eigenvalue weighted by molar-refractivity contribution is 7.93. The SMILES string of the molecule is Cc1nn(C)cc1S(=O)(=O)Nc1nc2ccccc2s1. The molecule has 0 aliphatic rings. The third-order valence-corrected chi connectivity index (χ3v) is 5.30. The minimum Gasteiger partial charge on any atom is -0.274 e. The van der Waals surface area contributed by atoms with Gasteiger partial charge in [-0.05, 0) is 19.1 Å². The first kappa shape index (κ1) is 13.1. The summed E-state index contributed by atoms with van der Waals surface area (Å²) in [7, 11) is -1.97. The van der Waals surface area contributed by atoms with Gasteiger partial charge in [-0.3, -0.25) is 9.40 Å². The number of thiazole rings is 1. The van der Waals surface area contributed by atoms with Crippen molar-refractivity contribution in [3.05, 3.63) is 36.2 Å². The summed E-state index contributed by atoms with van der Waals surface area (Å²) in [5, 5.41) is 4.40. The summed E-state index contributed by atoms with van der Waals surface area (Å²) >= 11 is 1.30. The predicted octanol–water partition coefficient (Wildman–Crippen LogP) is 2.14. The molecule has 0 saturated carbocycles. The number of benzene rings is 1. The van der Waals surface area contributed by atoms with Crippen LogP contribution >= 0.6 is 11.3 Å². The number of aryl methyl sites for hydroxylation is 2. The molecule has 20 heavy (non-hydrogen) atoms. The van der Waals surface area contributed by atoms with Crippen LogP contribution in [0.4, 0.5) is 5.13 Å². The normalized spacial score (nSPS) is 11.9. The lowest BCUT2D eigenvalue weighted by atomic mass is 10.3. The minimum atomic E-state index is -3.66. The predicted molar refractivity (Wildman–Crippen MR) is 78.4 cm³/mol. The minimum absolute atomic E-state index is 0.166. The van der Waals surface area contributed by atoms with Crippen molar-refractivity contribution >= 4 is 36.7 Å². The molecule has 0 aliphatic carbocycles. The van der Waals surface area contributed by atoms with E-state index >= 15 is 0 Å². The van der Waals surface area contributed by atoms with Crippen LogP contribution in [0.2, 0.25) is 0 Å². The van der Waals surface area contributed by atoms with E-state index in [1.165, 1.54) is 22.2 Å². The Morgan fingerprint density at radius 3 is 2.70 bits per heavy atom. The molecule has 0 spiro atoms. The standard InChI is InChI=1S/C12H12N4O2S2/c1-8-11(7-16(2)14-8)20(17,18)15-12-13-9-5-3-4-6-10(9)19-12/h3-7H,1-2H3,(H,13,15). The lowest BCUT2D eigenvalue weighted by Gasteiger charge is -2.02. The number of aromatic nitrogens is 3. The van der Waals surface area contributed by atoms with E-state index in [9.17, 15) is 8.42 Å². The van der Waals surface area contributed by atoms with Crippen LogP contribution in [0.5, 0.6) is 0 Å². The van der Waals surface area contributed by atoms with Crippen molar-refractivity contribution in [1.82, 2.24) is 14.8 Å². The highest BCUT2D eigenvalue weighted by Crippen LogP contribution is 2.27. The van der Waals surface area contributed by atoms with Gasteiger partial charge in [0.05, 0.1) is 15.9 Å². The van der Waals surface area contributed by atoms with Crippen LogP contribution < -0.4 is 4.72 Å². The Labute approximate surface area is 120 Å². The van der Waals surface area contributed by atoms with Gasteiger partial charge in [-0.25, -0.2) is 13.4 Å². The molecule has 0 unspecified atom stereocenters. The fourth-order valence-electron chi connectivity index (χ4n) is 1.93. The molecule has 3 rings (SSSR count). The van der Waals surface area contributed by atoms with Crippen molar-refractivity contribution in [2.24, 2.45) is 7.05 Å². The first-order chi connectivity index (χ1) is 9.45. The number of anilines is 1. The summed E-state index contributed by atoms with van der Waals surface area (Å²) in [6, 6.07) is 7.51. The topological polar surface area (TPSA) is 76.9 Å². The van der Waals surface area contributed by atoms with Gasteiger partial charge in [0.15, 0.2) is 5.13 Å². The van der Waals surface area contributed by atoms with Crippen molar-refractivity contribution in [3.8, 4) is 0 Å². The van der Waals surface area contributed by atoms with Gasteiger partial charge in [0.25, 0.3) is 10.0 Å². The Morgan fingerprint density at radius 1 is 1.30 bits per heavy atom. The fourth-order valence-corrected chi connectivity index (χ4v) is 4.25. The molecule has 2 heterocycles. The Kier molecular flexibility index (Phi) is 2.98. The molecule has 2 aromatic heterocycles. The van der Waals surface area contributed by atoms with Crippen molar-refractivity contribution in [2.45, 2.75) is 11.8 Å². The van der Waals surface area contributed by atoms with Gasteiger partial charge in [-0.1, -0.05) is 23.5 Å². The van der Waals surface area contributed by atoms with Crippen LogP contribution in [-0.2, 0) is 17.1 Å². The zero-order valence-corrected chi connectivity index (χ0v) is 12.5. The smallest absolute Gasteiger partial charge is 0.267 e. The zero-order valence-electron chi connectivity index (χ0n) is 10.9. The maximum atomic E-state index is 12.3. The van der Waals surface area contributed by atoms with E-state index in [2.05, 4.69) is 14.8 Å². The molecule has 0 saturated heterocycles. The zero-order chi connectivity index (χ0) is 14.3. The third-order valence-electron chi connectivity index (χ3n) is 2.77. The van der Waals surface area contributed by atoms with E-state index in [0.717, 1.165) is 10.2 Å². The molecule has 8 heteroatoms. The molecule has 0 amide bonds. The maximum absolute atomic E-state index is 12.3. The largest absolute Gasteiger partial charge is 0.274 e. The highest BCUT2D eigenvalue weighted by atomic mass is 32.2. The molecular formula is C12H12N4O2S2. The molecular weight excluding hydrogens is 296 g/mol.